The number of carboxylic acid groups (broad SMARTS) is 1. The van der Waals surface area contributed by atoms with Crippen LogP contribution in [-0.4, -0.2) is 29.3 Å². The van der Waals surface area contributed by atoms with Crippen LogP contribution < -0.4 is 5.32 Å². The zero-order valence-corrected chi connectivity index (χ0v) is 8.71. The molecule has 1 aliphatic carbocycles. The van der Waals surface area contributed by atoms with Gasteiger partial charge in [0.05, 0.1) is 0 Å². The van der Waals surface area contributed by atoms with Crippen LogP contribution in [0.2, 0.25) is 0 Å². The number of carbonyl (C=O) groups is 2. The average Bonchev–Trinajstić information content (AvgIpc) is 2.93. The van der Waals surface area contributed by atoms with Crippen molar-refractivity contribution in [3.63, 3.8) is 0 Å². The second-order valence-electron chi connectivity index (χ2n) is 3.20. The molecule has 0 aromatic heterocycles. The summed E-state index contributed by atoms with van der Waals surface area (Å²) in [6.07, 6.45) is 4.97. The van der Waals surface area contributed by atoms with Crippen LogP contribution >= 0.6 is 11.8 Å². The van der Waals surface area contributed by atoms with Gasteiger partial charge in [0.15, 0.2) is 0 Å². The standard InChI is InChI=1S/C9H13NO3S/c1-14-5-4-7(11)10-8(9(12)13)6-2-3-6/h4-6,8H,2-3H2,1H3,(H,10,11)(H,12,13)/b5-4+. The quantitative estimate of drug-likeness (QED) is 0.667. The van der Waals surface area contributed by atoms with Crippen LogP contribution in [0.15, 0.2) is 11.5 Å². The van der Waals surface area contributed by atoms with E-state index in [0.29, 0.717) is 0 Å². The van der Waals surface area contributed by atoms with Gasteiger partial charge in [-0.15, -0.1) is 11.8 Å². The maximum atomic E-state index is 11.2. The molecule has 0 aliphatic heterocycles. The minimum Gasteiger partial charge on any atom is -0.480 e. The highest BCUT2D eigenvalue weighted by atomic mass is 32.2. The van der Waals surface area contributed by atoms with Crippen molar-refractivity contribution in [1.29, 1.82) is 0 Å². The molecule has 0 saturated heterocycles. The molecule has 1 amide bonds. The number of hydrogen-bond donors (Lipinski definition) is 2. The molecule has 0 aromatic carbocycles. The SMILES string of the molecule is CS/C=C/C(=O)NC(C(=O)O)C1CC1. The zero-order chi connectivity index (χ0) is 10.6. The number of thioether (sulfide) groups is 1. The number of amides is 1. The van der Waals surface area contributed by atoms with Gasteiger partial charge in [-0.2, -0.15) is 0 Å². The molecule has 1 unspecified atom stereocenters. The predicted molar refractivity (Wildman–Crippen MR) is 54.9 cm³/mol. The topological polar surface area (TPSA) is 66.4 Å². The van der Waals surface area contributed by atoms with Crippen LogP contribution in [0.3, 0.4) is 0 Å². The van der Waals surface area contributed by atoms with E-state index in [1.54, 1.807) is 5.41 Å². The van der Waals surface area contributed by atoms with Gasteiger partial charge in [0, 0.05) is 6.08 Å². The van der Waals surface area contributed by atoms with E-state index in [1.165, 1.54) is 17.8 Å². The van der Waals surface area contributed by atoms with Crippen LogP contribution in [0.5, 0.6) is 0 Å². The molecular formula is C9H13NO3S. The van der Waals surface area contributed by atoms with Crippen LogP contribution in [0, 0.1) is 5.92 Å². The van der Waals surface area contributed by atoms with Crippen molar-refractivity contribution < 1.29 is 14.7 Å². The molecule has 0 heterocycles. The van der Waals surface area contributed by atoms with Crippen molar-refractivity contribution in [3.8, 4) is 0 Å². The summed E-state index contributed by atoms with van der Waals surface area (Å²) in [4.78, 5) is 21.9. The van der Waals surface area contributed by atoms with E-state index in [0.717, 1.165) is 12.8 Å². The normalized spacial score (nSPS) is 18.1. The number of rotatable bonds is 5. The molecule has 2 N–H and O–H groups in total. The van der Waals surface area contributed by atoms with Gasteiger partial charge in [0.1, 0.15) is 6.04 Å². The fraction of sp³-hybridized carbons (Fsp3) is 0.556. The Labute approximate surface area is 86.8 Å². The maximum Gasteiger partial charge on any atom is 0.326 e. The van der Waals surface area contributed by atoms with Gasteiger partial charge in [-0.3, -0.25) is 4.79 Å². The Balaban J connectivity index is 2.42. The van der Waals surface area contributed by atoms with Crippen molar-refractivity contribution in [2.45, 2.75) is 18.9 Å². The van der Waals surface area contributed by atoms with Gasteiger partial charge in [0.25, 0.3) is 0 Å². The second-order valence-corrected chi connectivity index (χ2v) is 3.94. The number of nitrogens with one attached hydrogen (secondary N) is 1. The predicted octanol–water partition coefficient (Wildman–Crippen LogP) is 0.842. The smallest absolute Gasteiger partial charge is 0.326 e. The Kier molecular flexibility index (Phi) is 4.00. The Bertz CT molecular complexity index is 261. The first-order valence-corrected chi connectivity index (χ1v) is 5.66. The molecule has 4 nitrogen and oxygen atoms in total. The summed E-state index contributed by atoms with van der Waals surface area (Å²) in [5, 5.41) is 12.9. The highest BCUT2D eigenvalue weighted by Gasteiger charge is 2.36. The molecule has 14 heavy (non-hydrogen) atoms. The largest absolute Gasteiger partial charge is 0.480 e. The summed E-state index contributed by atoms with van der Waals surface area (Å²) in [5.41, 5.74) is 0. The molecule has 0 bridgehead atoms. The fourth-order valence-corrected chi connectivity index (χ4v) is 1.40. The molecule has 0 radical (unpaired) electrons. The molecule has 1 aliphatic rings. The summed E-state index contributed by atoms with van der Waals surface area (Å²) in [5.74, 6) is -1.16. The van der Waals surface area contributed by atoms with E-state index in [4.69, 9.17) is 5.11 Å². The first kappa shape index (κ1) is 11.1. The summed E-state index contributed by atoms with van der Waals surface area (Å²) in [7, 11) is 0. The first-order chi connectivity index (χ1) is 6.65. The fourth-order valence-electron chi connectivity index (χ4n) is 1.14. The van der Waals surface area contributed by atoms with Gasteiger partial charge < -0.3 is 10.4 Å². The molecule has 1 atom stereocenters. The molecular weight excluding hydrogens is 202 g/mol. The van der Waals surface area contributed by atoms with Crippen molar-refractivity contribution in [1.82, 2.24) is 5.32 Å². The average molecular weight is 215 g/mol. The van der Waals surface area contributed by atoms with Gasteiger partial charge >= 0.3 is 5.97 Å². The van der Waals surface area contributed by atoms with Crippen molar-refractivity contribution in [3.05, 3.63) is 11.5 Å². The molecule has 1 rings (SSSR count). The van der Waals surface area contributed by atoms with E-state index in [1.807, 2.05) is 6.26 Å². The van der Waals surface area contributed by atoms with E-state index in [-0.39, 0.29) is 11.8 Å². The van der Waals surface area contributed by atoms with Crippen LogP contribution in [0.1, 0.15) is 12.8 Å². The van der Waals surface area contributed by atoms with Crippen molar-refractivity contribution in [2.75, 3.05) is 6.26 Å². The van der Waals surface area contributed by atoms with E-state index in [9.17, 15) is 9.59 Å². The van der Waals surface area contributed by atoms with Gasteiger partial charge in [-0.1, -0.05) is 0 Å². The Morgan fingerprint density at radius 2 is 2.21 bits per heavy atom. The molecule has 0 spiro atoms. The third-order valence-corrected chi connectivity index (χ3v) is 2.42. The zero-order valence-electron chi connectivity index (χ0n) is 7.90. The number of carboxylic acids is 1. The lowest BCUT2D eigenvalue weighted by molar-refractivity contribution is -0.141. The Hall–Kier alpha value is -0.970. The molecule has 78 valence electrons. The maximum absolute atomic E-state index is 11.2. The molecule has 1 fully saturated rings. The van der Waals surface area contributed by atoms with Crippen LogP contribution in [0.4, 0.5) is 0 Å². The van der Waals surface area contributed by atoms with Crippen LogP contribution in [-0.2, 0) is 9.59 Å². The third kappa shape index (κ3) is 3.41. The molecule has 5 heteroatoms. The minimum atomic E-state index is -0.946. The number of carbonyl (C=O) groups excluding carboxylic acids is 1. The lowest BCUT2D eigenvalue weighted by Crippen LogP contribution is -2.41. The highest BCUT2D eigenvalue weighted by Crippen LogP contribution is 2.32. The summed E-state index contributed by atoms with van der Waals surface area (Å²) in [6.45, 7) is 0. The highest BCUT2D eigenvalue weighted by molar-refractivity contribution is 8.01. The van der Waals surface area contributed by atoms with Gasteiger partial charge in [-0.25, -0.2) is 4.79 Å². The second kappa shape index (κ2) is 5.05. The lowest BCUT2D eigenvalue weighted by atomic mass is 10.2. The Morgan fingerprint density at radius 1 is 1.57 bits per heavy atom. The Morgan fingerprint density at radius 3 is 2.64 bits per heavy atom. The summed E-state index contributed by atoms with van der Waals surface area (Å²) in [6, 6.07) is -0.714. The molecule has 0 aromatic rings. The van der Waals surface area contributed by atoms with E-state index >= 15 is 0 Å². The van der Waals surface area contributed by atoms with Gasteiger partial charge in [-0.05, 0) is 30.4 Å². The number of hydrogen-bond acceptors (Lipinski definition) is 3. The summed E-state index contributed by atoms with van der Waals surface area (Å²) < 4.78 is 0. The van der Waals surface area contributed by atoms with Gasteiger partial charge in [0.2, 0.25) is 5.91 Å². The van der Waals surface area contributed by atoms with E-state index in [2.05, 4.69) is 5.32 Å². The van der Waals surface area contributed by atoms with Crippen molar-refractivity contribution in [2.24, 2.45) is 5.92 Å². The van der Waals surface area contributed by atoms with Crippen molar-refractivity contribution >= 4 is 23.6 Å². The minimum absolute atomic E-state index is 0.124. The monoisotopic (exact) mass is 215 g/mol. The molecule has 1 saturated carbocycles. The van der Waals surface area contributed by atoms with Crippen LogP contribution in [0.25, 0.3) is 0 Å². The lowest BCUT2D eigenvalue weighted by Gasteiger charge is -2.11. The number of aliphatic carboxylic acids is 1. The summed E-state index contributed by atoms with van der Waals surface area (Å²) >= 11 is 1.40. The first-order valence-electron chi connectivity index (χ1n) is 4.37. The third-order valence-electron chi connectivity index (χ3n) is 2.01. The van der Waals surface area contributed by atoms with E-state index < -0.39 is 12.0 Å².